The summed E-state index contributed by atoms with van der Waals surface area (Å²) in [5.74, 6) is -1.90. The Labute approximate surface area is 151 Å². The number of sulfone groups is 1. The van der Waals surface area contributed by atoms with Crippen LogP contribution in [0.4, 0.5) is 4.39 Å². The zero-order chi connectivity index (χ0) is 18.2. The SMILES string of the molecule is O=C(COC(=O)c1sc2cc(F)ccc2c1Cl)N[C@@H]1CCS(=O)(=O)C1. The summed E-state index contributed by atoms with van der Waals surface area (Å²) >= 11 is 7.08. The summed E-state index contributed by atoms with van der Waals surface area (Å²) in [6.07, 6.45) is 0.343. The molecule has 3 rings (SSSR count). The second-order valence-electron chi connectivity index (χ2n) is 5.63. The van der Waals surface area contributed by atoms with Crippen molar-refractivity contribution in [1.82, 2.24) is 5.32 Å². The molecule has 1 aromatic carbocycles. The molecule has 1 saturated heterocycles. The van der Waals surface area contributed by atoms with Gasteiger partial charge in [-0.2, -0.15) is 0 Å². The fourth-order valence-corrected chi connectivity index (χ4v) is 5.65. The molecule has 0 aliphatic carbocycles. The largest absolute Gasteiger partial charge is 0.451 e. The van der Waals surface area contributed by atoms with Crippen LogP contribution in [0.5, 0.6) is 0 Å². The summed E-state index contributed by atoms with van der Waals surface area (Å²) in [5, 5.41) is 3.19. The van der Waals surface area contributed by atoms with Crippen LogP contribution in [0.1, 0.15) is 16.1 Å². The fourth-order valence-electron chi connectivity index (χ4n) is 2.55. The van der Waals surface area contributed by atoms with Crippen molar-refractivity contribution in [2.45, 2.75) is 12.5 Å². The van der Waals surface area contributed by atoms with Gasteiger partial charge < -0.3 is 10.1 Å². The molecular formula is C15H13ClFNO5S2. The summed E-state index contributed by atoms with van der Waals surface area (Å²) < 4.78 is 41.3. The average Bonchev–Trinajstić information content (AvgIpc) is 3.04. The van der Waals surface area contributed by atoms with Crippen molar-refractivity contribution in [2.75, 3.05) is 18.1 Å². The van der Waals surface area contributed by atoms with Gasteiger partial charge in [0.2, 0.25) is 0 Å². The van der Waals surface area contributed by atoms with Crippen molar-refractivity contribution in [3.63, 3.8) is 0 Å². The topological polar surface area (TPSA) is 89.5 Å². The number of halogens is 2. The minimum absolute atomic E-state index is 0.0334. The van der Waals surface area contributed by atoms with E-state index in [2.05, 4.69) is 5.32 Å². The van der Waals surface area contributed by atoms with Crippen LogP contribution in [-0.4, -0.2) is 44.4 Å². The lowest BCUT2D eigenvalue weighted by Crippen LogP contribution is -2.38. The third kappa shape index (κ3) is 4.10. The second kappa shape index (κ2) is 6.89. The van der Waals surface area contributed by atoms with Gasteiger partial charge in [-0.3, -0.25) is 4.79 Å². The average molecular weight is 406 g/mol. The zero-order valence-corrected chi connectivity index (χ0v) is 15.1. The van der Waals surface area contributed by atoms with Gasteiger partial charge in [-0.15, -0.1) is 11.3 Å². The molecule has 1 aliphatic heterocycles. The van der Waals surface area contributed by atoms with Crippen LogP contribution in [0.15, 0.2) is 18.2 Å². The Balaban J connectivity index is 1.61. The number of thiophene rings is 1. The Kier molecular flexibility index (Phi) is 4.99. The molecule has 2 aromatic rings. The minimum Gasteiger partial charge on any atom is -0.451 e. The first-order chi connectivity index (χ1) is 11.7. The number of rotatable bonds is 4. The van der Waals surface area contributed by atoms with Crippen LogP contribution in [0, 0.1) is 5.82 Å². The zero-order valence-electron chi connectivity index (χ0n) is 12.8. The van der Waals surface area contributed by atoms with Crippen LogP contribution in [-0.2, 0) is 19.4 Å². The first-order valence-corrected chi connectivity index (χ1v) is 10.3. The number of esters is 1. The van der Waals surface area contributed by atoms with E-state index in [1.54, 1.807) is 0 Å². The van der Waals surface area contributed by atoms with E-state index in [0.717, 1.165) is 11.3 Å². The summed E-state index contributed by atoms with van der Waals surface area (Å²) in [4.78, 5) is 24.0. The molecule has 0 spiro atoms. The molecule has 0 radical (unpaired) electrons. The Hall–Kier alpha value is -1.71. The molecule has 25 heavy (non-hydrogen) atoms. The Morgan fingerprint density at radius 1 is 1.40 bits per heavy atom. The van der Waals surface area contributed by atoms with Gasteiger partial charge in [-0.1, -0.05) is 11.6 Å². The predicted octanol–water partition coefficient (Wildman–Crippen LogP) is 2.15. The number of carbonyl (C=O) groups excluding carboxylic acids is 2. The van der Waals surface area contributed by atoms with Crippen LogP contribution < -0.4 is 5.32 Å². The van der Waals surface area contributed by atoms with E-state index in [4.69, 9.17) is 16.3 Å². The quantitative estimate of drug-likeness (QED) is 0.787. The first kappa shape index (κ1) is 18.1. The van der Waals surface area contributed by atoms with Gasteiger partial charge in [0, 0.05) is 16.1 Å². The fraction of sp³-hybridized carbons (Fsp3) is 0.333. The van der Waals surface area contributed by atoms with Crippen molar-refractivity contribution < 1.29 is 27.1 Å². The molecule has 1 fully saturated rings. The molecule has 10 heteroatoms. The third-order valence-electron chi connectivity index (χ3n) is 3.71. The highest BCUT2D eigenvalue weighted by atomic mass is 35.5. The van der Waals surface area contributed by atoms with Crippen molar-refractivity contribution >= 4 is 54.7 Å². The van der Waals surface area contributed by atoms with E-state index in [1.165, 1.54) is 18.2 Å². The van der Waals surface area contributed by atoms with Gasteiger partial charge in [0.15, 0.2) is 16.4 Å². The smallest absolute Gasteiger partial charge is 0.350 e. The number of fused-ring (bicyclic) bond motifs is 1. The first-order valence-electron chi connectivity index (χ1n) is 7.29. The molecule has 134 valence electrons. The summed E-state index contributed by atoms with van der Waals surface area (Å²) in [5.41, 5.74) is 0. The van der Waals surface area contributed by atoms with Crippen LogP contribution in [0.3, 0.4) is 0 Å². The molecule has 0 bridgehead atoms. The highest BCUT2D eigenvalue weighted by molar-refractivity contribution is 7.91. The highest BCUT2D eigenvalue weighted by Crippen LogP contribution is 2.36. The Bertz CT molecular complexity index is 956. The lowest BCUT2D eigenvalue weighted by atomic mass is 10.2. The van der Waals surface area contributed by atoms with Gasteiger partial charge in [0.05, 0.1) is 16.5 Å². The van der Waals surface area contributed by atoms with Crippen molar-refractivity contribution in [3.8, 4) is 0 Å². The number of hydrogen-bond donors (Lipinski definition) is 1. The number of ether oxygens (including phenoxy) is 1. The Morgan fingerprint density at radius 3 is 2.84 bits per heavy atom. The lowest BCUT2D eigenvalue weighted by molar-refractivity contribution is -0.124. The number of nitrogens with one attached hydrogen (secondary N) is 1. The minimum atomic E-state index is -3.11. The maximum absolute atomic E-state index is 13.2. The standard InChI is InChI=1S/C15H13ClFNO5S2/c16-13-10-2-1-8(17)5-11(10)24-14(13)15(20)23-6-12(19)18-9-3-4-25(21,22)7-9/h1-2,5,9H,3-4,6-7H2,(H,18,19)/t9-/m1/s1. The predicted molar refractivity (Wildman–Crippen MR) is 92.3 cm³/mol. The number of hydrogen-bond acceptors (Lipinski definition) is 6. The van der Waals surface area contributed by atoms with E-state index in [-0.39, 0.29) is 21.4 Å². The molecule has 0 unspecified atom stereocenters. The monoisotopic (exact) mass is 405 g/mol. The van der Waals surface area contributed by atoms with Crippen LogP contribution in [0.25, 0.3) is 10.1 Å². The lowest BCUT2D eigenvalue weighted by Gasteiger charge is -2.10. The molecular weight excluding hydrogens is 393 g/mol. The van der Waals surface area contributed by atoms with Crippen molar-refractivity contribution in [2.24, 2.45) is 0 Å². The van der Waals surface area contributed by atoms with Gasteiger partial charge in [0.25, 0.3) is 5.91 Å². The van der Waals surface area contributed by atoms with Gasteiger partial charge >= 0.3 is 5.97 Å². The summed E-state index contributed by atoms with van der Waals surface area (Å²) in [6, 6.07) is 3.50. The van der Waals surface area contributed by atoms with Gasteiger partial charge in [0.1, 0.15) is 10.7 Å². The Morgan fingerprint density at radius 2 is 2.16 bits per heavy atom. The van der Waals surface area contributed by atoms with E-state index in [9.17, 15) is 22.4 Å². The van der Waals surface area contributed by atoms with Crippen molar-refractivity contribution in [3.05, 3.63) is 33.9 Å². The van der Waals surface area contributed by atoms with Crippen molar-refractivity contribution in [1.29, 1.82) is 0 Å². The molecule has 6 nitrogen and oxygen atoms in total. The molecule has 1 N–H and O–H groups in total. The van der Waals surface area contributed by atoms with Crippen LogP contribution in [0.2, 0.25) is 5.02 Å². The van der Waals surface area contributed by atoms with E-state index in [1.807, 2.05) is 0 Å². The maximum Gasteiger partial charge on any atom is 0.350 e. The van der Waals surface area contributed by atoms with E-state index < -0.39 is 40.2 Å². The van der Waals surface area contributed by atoms with E-state index >= 15 is 0 Å². The number of carbonyl (C=O) groups is 2. The summed E-state index contributed by atoms with van der Waals surface area (Å²) in [7, 11) is -3.11. The summed E-state index contributed by atoms with van der Waals surface area (Å²) in [6.45, 7) is -0.547. The molecule has 1 amide bonds. The van der Waals surface area contributed by atoms with Crippen LogP contribution >= 0.6 is 22.9 Å². The van der Waals surface area contributed by atoms with Gasteiger partial charge in [-0.05, 0) is 24.6 Å². The maximum atomic E-state index is 13.2. The molecule has 1 atom stereocenters. The number of amides is 1. The second-order valence-corrected chi connectivity index (χ2v) is 9.29. The molecule has 2 heterocycles. The van der Waals surface area contributed by atoms with E-state index in [0.29, 0.717) is 16.5 Å². The third-order valence-corrected chi connectivity index (χ3v) is 7.11. The number of benzene rings is 1. The highest BCUT2D eigenvalue weighted by Gasteiger charge is 2.29. The molecule has 1 aliphatic rings. The van der Waals surface area contributed by atoms with Gasteiger partial charge in [-0.25, -0.2) is 17.6 Å². The normalized spacial score (nSPS) is 19.0. The molecule has 1 aromatic heterocycles. The molecule has 0 saturated carbocycles.